The number of carbonyl (C=O) groups is 1. The predicted molar refractivity (Wildman–Crippen MR) is 125 cm³/mol. The van der Waals surface area contributed by atoms with Gasteiger partial charge in [0.25, 0.3) is 0 Å². The Morgan fingerprint density at radius 1 is 1.18 bits per heavy atom. The minimum absolute atomic E-state index is 0.109. The Morgan fingerprint density at radius 2 is 1.91 bits per heavy atom. The minimum Gasteiger partial charge on any atom is -0.497 e. The van der Waals surface area contributed by atoms with Crippen molar-refractivity contribution in [2.24, 2.45) is 0 Å². The van der Waals surface area contributed by atoms with E-state index in [2.05, 4.69) is 22.1 Å². The monoisotopic (exact) mass is 472 g/mol. The molecular formula is C23H25FN4O4S. The molecule has 2 aromatic carbocycles. The maximum atomic E-state index is 13.1. The topological polar surface area (TPSA) is 87.5 Å². The summed E-state index contributed by atoms with van der Waals surface area (Å²) in [5.41, 5.74) is 0.540. The second-order valence-corrected chi connectivity index (χ2v) is 7.80. The molecule has 0 fully saturated rings. The normalized spacial score (nSPS) is 11.5. The number of allylic oxidation sites excluding steroid dienone is 1. The van der Waals surface area contributed by atoms with E-state index in [1.807, 2.05) is 11.5 Å². The van der Waals surface area contributed by atoms with Crippen LogP contribution >= 0.6 is 11.8 Å². The molecule has 33 heavy (non-hydrogen) atoms. The van der Waals surface area contributed by atoms with Gasteiger partial charge in [-0.3, -0.25) is 9.36 Å². The van der Waals surface area contributed by atoms with Gasteiger partial charge in [-0.1, -0.05) is 17.8 Å². The largest absolute Gasteiger partial charge is 0.497 e. The van der Waals surface area contributed by atoms with Crippen LogP contribution in [0.25, 0.3) is 0 Å². The molecule has 0 bridgehead atoms. The van der Waals surface area contributed by atoms with Crippen molar-refractivity contribution < 1.29 is 23.4 Å². The maximum absolute atomic E-state index is 13.1. The number of rotatable bonds is 11. The summed E-state index contributed by atoms with van der Waals surface area (Å²) < 4.78 is 31.3. The molecule has 0 aliphatic rings. The zero-order chi connectivity index (χ0) is 23.8. The molecule has 0 aliphatic carbocycles. The van der Waals surface area contributed by atoms with E-state index in [1.54, 1.807) is 43.5 Å². The van der Waals surface area contributed by atoms with Gasteiger partial charge >= 0.3 is 0 Å². The minimum atomic E-state index is -0.449. The standard InChI is InChI=1S/C23H25FN4O4S/c1-5-12-28-22(15(2)32-17-8-6-16(24)7-9-17)26-27-23(28)33-14-21(29)25-19-11-10-18(30-3)13-20(19)31-4/h5-11,13,15H,1,12,14H2,2-4H3,(H,25,29). The number of methoxy groups -OCH3 is 2. The number of anilines is 1. The highest BCUT2D eigenvalue weighted by Gasteiger charge is 2.20. The van der Waals surface area contributed by atoms with Gasteiger partial charge in [0.1, 0.15) is 23.1 Å². The fourth-order valence-corrected chi connectivity index (χ4v) is 3.75. The average molecular weight is 473 g/mol. The van der Waals surface area contributed by atoms with Gasteiger partial charge in [-0.25, -0.2) is 4.39 Å². The highest BCUT2D eigenvalue weighted by molar-refractivity contribution is 7.99. The molecule has 3 aromatic rings. The van der Waals surface area contributed by atoms with Gasteiger partial charge in [0.05, 0.1) is 25.7 Å². The fraction of sp³-hybridized carbons (Fsp3) is 0.261. The van der Waals surface area contributed by atoms with Crippen molar-refractivity contribution in [3.05, 3.63) is 66.8 Å². The van der Waals surface area contributed by atoms with Gasteiger partial charge in [-0.05, 0) is 43.3 Å². The third kappa shape index (κ3) is 6.26. The first-order valence-corrected chi connectivity index (χ1v) is 11.0. The predicted octanol–water partition coefficient (Wildman–Crippen LogP) is 4.49. The van der Waals surface area contributed by atoms with Crippen LogP contribution in [0.4, 0.5) is 10.1 Å². The fourth-order valence-electron chi connectivity index (χ4n) is 3.00. The van der Waals surface area contributed by atoms with E-state index < -0.39 is 6.10 Å². The van der Waals surface area contributed by atoms with Gasteiger partial charge in [-0.2, -0.15) is 0 Å². The Morgan fingerprint density at radius 3 is 2.58 bits per heavy atom. The average Bonchev–Trinajstić information content (AvgIpc) is 3.22. The van der Waals surface area contributed by atoms with Crippen molar-refractivity contribution >= 4 is 23.4 Å². The van der Waals surface area contributed by atoms with Crippen LogP contribution in [0.1, 0.15) is 18.9 Å². The van der Waals surface area contributed by atoms with Gasteiger partial charge in [0, 0.05) is 12.6 Å². The summed E-state index contributed by atoms with van der Waals surface area (Å²) in [6.07, 6.45) is 1.26. The molecule has 174 valence electrons. The highest BCUT2D eigenvalue weighted by Crippen LogP contribution is 2.30. The lowest BCUT2D eigenvalue weighted by Crippen LogP contribution is -2.16. The quantitative estimate of drug-likeness (QED) is 0.325. The molecule has 0 radical (unpaired) electrons. The lowest BCUT2D eigenvalue weighted by Gasteiger charge is -2.15. The van der Waals surface area contributed by atoms with E-state index in [0.29, 0.717) is 40.5 Å². The van der Waals surface area contributed by atoms with Gasteiger partial charge in [0.15, 0.2) is 17.1 Å². The number of amides is 1. The van der Waals surface area contributed by atoms with Crippen LogP contribution in [0, 0.1) is 5.82 Å². The van der Waals surface area contributed by atoms with Crippen LogP contribution in [0.15, 0.2) is 60.3 Å². The molecule has 8 nitrogen and oxygen atoms in total. The van der Waals surface area contributed by atoms with Crippen molar-refractivity contribution in [2.45, 2.75) is 24.7 Å². The van der Waals surface area contributed by atoms with E-state index in [4.69, 9.17) is 14.2 Å². The Labute approximate surface area is 195 Å². The van der Waals surface area contributed by atoms with Crippen LogP contribution in [0.5, 0.6) is 17.2 Å². The zero-order valence-electron chi connectivity index (χ0n) is 18.6. The van der Waals surface area contributed by atoms with Crippen molar-refractivity contribution in [2.75, 3.05) is 25.3 Å². The first kappa shape index (κ1) is 24.1. The van der Waals surface area contributed by atoms with Crippen molar-refractivity contribution in [3.8, 4) is 17.2 Å². The van der Waals surface area contributed by atoms with Crippen LogP contribution in [0.2, 0.25) is 0 Å². The molecule has 1 aromatic heterocycles. The number of halogens is 1. The van der Waals surface area contributed by atoms with E-state index in [-0.39, 0.29) is 17.5 Å². The van der Waals surface area contributed by atoms with E-state index in [9.17, 15) is 9.18 Å². The summed E-state index contributed by atoms with van der Waals surface area (Å²) in [6, 6.07) is 10.9. The highest BCUT2D eigenvalue weighted by atomic mass is 32.2. The van der Waals surface area contributed by atoms with Crippen molar-refractivity contribution in [1.82, 2.24) is 14.8 Å². The van der Waals surface area contributed by atoms with E-state index in [0.717, 1.165) is 0 Å². The number of benzene rings is 2. The van der Waals surface area contributed by atoms with Gasteiger partial charge in [0.2, 0.25) is 5.91 Å². The molecule has 1 heterocycles. The molecular weight excluding hydrogens is 447 g/mol. The molecule has 1 amide bonds. The number of ether oxygens (including phenoxy) is 3. The molecule has 1 unspecified atom stereocenters. The maximum Gasteiger partial charge on any atom is 0.234 e. The molecule has 1 atom stereocenters. The summed E-state index contributed by atoms with van der Waals surface area (Å²) in [5.74, 6) is 1.75. The van der Waals surface area contributed by atoms with Gasteiger partial charge in [-0.15, -0.1) is 16.8 Å². The Balaban J connectivity index is 1.67. The molecule has 0 spiro atoms. The first-order valence-electron chi connectivity index (χ1n) is 10.1. The number of nitrogens with one attached hydrogen (secondary N) is 1. The van der Waals surface area contributed by atoms with Crippen LogP contribution in [-0.2, 0) is 11.3 Å². The van der Waals surface area contributed by atoms with Crippen LogP contribution in [-0.4, -0.2) is 40.6 Å². The molecule has 1 N–H and O–H groups in total. The summed E-state index contributed by atoms with van der Waals surface area (Å²) >= 11 is 1.24. The van der Waals surface area contributed by atoms with Gasteiger partial charge < -0.3 is 19.5 Å². The summed E-state index contributed by atoms with van der Waals surface area (Å²) in [6.45, 7) is 6.05. The lowest BCUT2D eigenvalue weighted by molar-refractivity contribution is -0.113. The molecule has 3 rings (SSSR count). The second-order valence-electron chi connectivity index (χ2n) is 6.86. The number of nitrogens with zero attached hydrogens (tertiary/aromatic N) is 3. The van der Waals surface area contributed by atoms with E-state index >= 15 is 0 Å². The SMILES string of the molecule is C=CCn1c(SCC(=O)Nc2ccc(OC)cc2OC)nnc1C(C)Oc1ccc(F)cc1. The summed E-state index contributed by atoms with van der Waals surface area (Å²) in [4.78, 5) is 12.5. The van der Waals surface area contributed by atoms with E-state index in [1.165, 1.54) is 31.0 Å². The third-order valence-corrected chi connectivity index (χ3v) is 5.53. The second kappa shape index (κ2) is 11.4. The number of hydrogen-bond donors (Lipinski definition) is 1. The Bertz CT molecular complexity index is 1100. The summed E-state index contributed by atoms with van der Waals surface area (Å²) in [5, 5.41) is 11.8. The lowest BCUT2D eigenvalue weighted by atomic mass is 10.2. The number of carbonyl (C=O) groups excluding carboxylic acids is 1. The van der Waals surface area contributed by atoms with Crippen LogP contribution in [0.3, 0.4) is 0 Å². The zero-order valence-corrected chi connectivity index (χ0v) is 19.4. The molecule has 0 saturated heterocycles. The number of hydrogen-bond acceptors (Lipinski definition) is 7. The molecule has 10 heteroatoms. The smallest absolute Gasteiger partial charge is 0.234 e. The molecule has 0 saturated carbocycles. The summed E-state index contributed by atoms with van der Waals surface area (Å²) in [7, 11) is 3.08. The number of thioether (sulfide) groups is 1. The number of aromatic nitrogens is 3. The Kier molecular flexibility index (Phi) is 8.31. The van der Waals surface area contributed by atoms with Crippen LogP contribution < -0.4 is 19.5 Å². The van der Waals surface area contributed by atoms with Crippen molar-refractivity contribution in [1.29, 1.82) is 0 Å². The molecule has 0 aliphatic heterocycles. The first-order chi connectivity index (χ1) is 15.9. The van der Waals surface area contributed by atoms with Crippen molar-refractivity contribution in [3.63, 3.8) is 0 Å². The third-order valence-electron chi connectivity index (χ3n) is 4.56. The Hall–Kier alpha value is -3.53.